The van der Waals surface area contributed by atoms with Crippen molar-refractivity contribution in [2.75, 3.05) is 0 Å². The van der Waals surface area contributed by atoms with E-state index in [0.29, 0.717) is 11.7 Å². The van der Waals surface area contributed by atoms with Crippen molar-refractivity contribution in [2.45, 2.75) is 38.0 Å². The van der Waals surface area contributed by atoms with Crippen LogP contribution in [0.25, 0.3) is 10.8 Å². The lowest BCUT2D eigenvalue weighted by Gasteiger charge is -2.19. The monoisotopic (exact) mass is 277 g/mol. The number of hydrogen-bond donors (Lipinski definition) is 1. The van der Waals surface area contributed by atoms with Crippen LogP contribution in [0.15, 0.2) is 21.9 Å². The molecule has 1 aliphatic rings. The fourth-order valence-electron chi connectivity index (χ4n) is 2.63. The molecular formula is C14H15NO3S. The highest BCUT2D eigenvalue weighted by atomic mass is 32.1. The van der Waals surface area contributed by atoms with E-state index in [4.69, 9.17) is 4.42 Å². The Morgan fingerprint density at radius 2 is 2.16 bits per heavy atom. The van der Waals surface area contributed by atoms with Crippen LogP contribution in [0.2, 0.25) is 0 Å². The number of thiophene rings is 1. The molecule has 0 aliphatic heterocycles. The Hall–Kier alpha value is -1.62. The first-order valence-corrected chi connectivity index (χ1v) is 7.41. The van der Waals surface area contributed by atoms with Gasteiger partial charge in [-0.3, -0.25) is 0 Å². The van der Waals surface area contributed by atoms with Crippen molar-refractivity contribution >= 4 is 17.3 Å². The van der Waals surface area contributed by atoms with Crippen LogP contribution in [0.3, 0.4) is 0 Å². The van der Waals surface area contributed by atoms with Gasteiger partial charge in [0.2, 0.25) is 5.89 Å². The van der Waals surface area contributed by atoms with Gasteiger partial charge in [0, 0.05) is 5.92 Å². The van der Waals surface area contributed by atoms with Gasteiger partial charge in [0.15, 0.2) is 5.69 Å². The molecule has 5 heteroatoms. The van der Waals surface area contributed by atoms with E-state index in [9.17, 15) is 9.90 Å². The maximum Gasteiger partial charge on any atom is 0.358 e. The molecule has 0 saturated heterocycles. The molecule has 0 bridgehead atoms. The molecule has 100 valence electrons. The number of carboxylic acid groups (broad SMARTS) is 1. The summed E-state index contributed by atoms with van der Waals surface area (Å²) in [6, 6.07) is 3.80. The minimum absolute atomic E-state index is 0.0929. The number of oxazole rings is 1. The van der Waals surface area contributed by atoms with Gasteiger partial charge in [-0.25, -0.2) is 9.78 Å². The molecular weight excluding hydrogens is 262 g/mol. The largest absolute Gasteiger partial charge is 0.476 e. The molecule has 1 aliphatic carbocycles. The SMILES string of the molecule is O=C(O)c1nc(-c2cccs2)oc1C1CCCCC1. The number of carboxylic acids is 1. The van der Waals surface area contributed by atoms with Gasteiger partial charge in [-0.05, 0) is 24.3 Å². The Labute approximate surface area is 115 Å². The predicted octanol–water partition coefficient (Wildman–Crippen LogP) is 4.15. The fourth-order valence-corrected chi connectivity index (χ4v) is 3.28. The highest BCUT2D eigenvalue weighted by Gasteiger charge is 2.28. The van der Waals surface area contributed by atoms with E-state index < -0.39 is 5.97 Å². The van der Waals surface area contributed by atoms with Crippen LogP contribution in [0.4, 0.5) is 0 Å². The van der Waals surface area contributed by atoms with Gasteiger partial charge < -0.3 is 9.52 Å². The van der Waals surface area contributed by atoms with Crippen LogP contribution in [0.1, 0.15) is 54.3 Å². The van der Waals surface area contributed by atoms with Gasteiger partial charge in [-0.2, -0.15) is 0 Å². The maximum atomic E-state index is 11.3. The quantitative estimate of drug-likeness (QED) is 0.915. The van der Waals surface area contributed by atoms with Crippen LogP contribution >= 0.6 is 11.3 Å². The highest BCUT2D eigenvalue weighted by Crippen LogP contribution is 2.37. The average molecular weight is 277 g/mol. The molecule has 0 radical (unpaired) electrons. The molecule has 2 heterocycles. The van der Waals surface area contributed by atoms with Crippen LogP contribution in [-0.2, 0) is 0 Å². The average Bonchev–Trinajstić information content (AvgIpc) is 3.08. The van der Waals surface area contributed by atoms with E-state index >= 15 is 0 Å². The summed E-state index contributed by atoms with van der Waals surface area (Å²) in [4.78, 5) is 16.4. The zero-order valence-corrected chi connectivity index (χ0v) is 11.3. The summed E-state index contributed by atoms with van der Waals surface area (Å²) in [6.45, 7) is 0. The molecule has 0 aromatic carbocycles. The van der Waals surface area contributed by atoms with E-state index in [1.54, 1.807) is 0 Å². The van der Waals surface area contributed by atoms with Crippen molar-refractivity contribution in [3.63, 3.8) is 0 Å². The second kappa shape index (κ2) is 5.17. The molecule has 2 aromatic rings. The van der Waals surface area contributed by atoms with E-state index in [0.717, 1.165) is 30.6 Å². The van der Waals surface area contributed by atoms with E-state index in [1.807, 2.05) is 17.5 Å². The predicted molar refractivity (Wildman–Crippen MR) is 72.6 cm³/mol. The Morgan fingerprint density at radius 1 is 1.37 bits per heavy atom. The van der Waals surface area contributed by atoms with E-state index in [1.165, 1.54) is 17.8 Å². The topological polar surface area (TPSA) is 63.3 Å². The molecule has 0 spiro atoms. The smallest absolute Gasteiger partial charge is 0.358 e. The molecule has 19 heavy (non-hydrogen) atoms. The van der Waals surface area contributed by atoms with Gasteiger partial charge in [0.1, 0.15) is 5.76 Å². The Balaban J connectivity index is 1.99. The number of rotatable bonds is 3. The van der Waals surface area contributed by atoms with Crippen molar-refractivity contribution in [3.8, 4) is 10.8 Å². The maximum absolute atomic E-state index is 11.3. The third-order valence-electron chi connectivity index (χ3n) is 3.56. The van der Waals surface area contributed by atoms with Crippen molar-refractivity contribution < 1.29 is 14.3 Å². The summed E-state index contributed by atoms with van der Waals surface area (Å²) >= 11 is 1.51. The lowest BCUT2D eigenvalue weighted by Crippen LogP contribution is -2.09. The van der Waals surface area contributed by atoms with Gasteiger partial charge >= 0.3 is 5.97 Å². The summed E-state index contributed by atoms with van der Waals surface area (Å²) in [5.41, 5.74) is 0.0929. The lowest BCUT2D eigenvalue weighted by molar-refractivity contribution is 0.0687. The standard InChI is InChI=1S/C14H15NO3S/c16-14(17)11-12(9-5-2-1-3-6-9)18-13(15-11)10-7-4-8-19-10/h4,7-9H,1-3,5-6H2,(H,16,17). The van der Waals surface area contributed by atoms with E-state index in [-0.39, 0.29) is 11.6 Å². The van der Waals surface area contributed by atoms with Crippen molar-refractivity contribution in [2.24, 2.45) is 0 Å². The molecule has 1 N–H and O–H groups in total. The second-order valence-corrected chi connectivity index (χ2v) is 5.80. The first kappa shape index (κ1) is 12.4. The van der Waals surface area contributed by atoms with Crippen LogP contribution in [-0.4, -0.2) is 16.1 Å². The summed E-state index contributed by atoms with van der Waals surface area (Å²) < 4.78 is 5.78. The molecule has 2 aromatic heterocycles. The molecule has 3 rings (SSSR count). The van der Waals surface area contributed by atoms with Gasteiger partial charge in [0.05, 0.1) is 4.88 Å². The lowest BCUT2D eigenvalue weighted by atomic mass is 9.87. The summed E-state index contributed by atoms with van der Waals surface area (Å²) in [7, 11) is 0. The third-order valence-corrected chi connectivity index (χ3v) is 4.42. The normalized spacial score (nSPS) is 16.6. The Kier molecular flexibility index (Phi) is 3.38. The second-order valence-electron chi connectivity index (χ2n) is 4.85. The minimum Gasteiger partial charge on any atom is -0.476 e. The molecule has 1 saturated carbocycles. The molecule has 0 amide bonds. The molecule has 0 unspecified atom stereocenters. The van der Waals surface area contributed by atoms with Gasteiger partial charge in [0.25, 0.3) is 0 Å². The number of hydrogen-bond acceptors (Lipinski definition) is 4. The van der Waals surface area contributed by atoms with Crippen molar-refractivity contribution in [1.82, 2.24) is 4.98 Å². The first-order valence-electron chi connectivity index (χ1n) is 6.53. The van der Waals surface area contributed by atoms with Crippen molar-refractivity contribution in [3.05, 3.63) is 29.0 Å². The number of aromatic nitrogens is 1. The fraction of sp³-hybridized carbons (Fsp3) is 0.429. The molecule has 1 fully saturated rings. The summed E-state index contributed by atoms with van der Waals surface area (Å²) in [5.74, 6) is 0.219. The zero-order chi connectivity index (χ0) is 13.2. The Morgan fingerprint density at radius 3 is 2.79 bits per heavy atom. The zero-order valence-electron chi connectivity index (χ0n) is 10.5. The molecule has 0 atom stereocenters. The first-order chi connectivity index (χ1) is 9.25. The summed E-state index contributed by atoms with van der Waals surface area (Å²) in [6.07, 6.45) is 5.50. The van der Waals surface area contributed by atoms with Crippen molar-refractivity contribution in [1.29, 1.82) is 0 Å². The number of nitrogens with zero attached hydrogens (tertiary/aromatic N) is 1. The number of aromatic carboxylic acids is 1. The Bertz CT molecular complexity index is 568. The van der Waals surface area contributed by atoms with Crippen LogP contribution in [0.5, 0.6) is 0 Å². The number of carbonyl (C=O) groups is 1. The third kappa shape index (κ3) is 2.42. The summed E-state index contributed by atoms with van der Waals surface area (Å²) in [5, 5.41) is 11.2. The van der Waals surface area contributed by atoms with Crippen LogP contribution < -0.4 is 0 Å². The van der Waals surface area contributed by atoms with Gasteiger partial charge in [-0.15, -0.1) is 11.3 Å². The van der Waals surface area contributed by atoms with Gasteiger partial charge in [-0.1, -0.05) is 25.3 Å². The minimum atomic E-state index is -0.993. The van der Waals surface area contributed by atoms with E-state index in [2.05, 4.69) is 4.98 Å². The van der Waals surface area contributed by atoms with Crippen LogP contribution in [0, 0.1) is 0 Å². The highest BCUT2D eigenvalue weighted by molar-refractivity contribution is 7.13. The molecule has 4 nitrogen and oxygen atoms in total.